The molecule has 0 spiro atoms. The Kier molecular flexibility index (Phi) is 7.17. The van der Waals surface area contributed by atoms with Crippen LogP contribution < -0.4 is 10.6 Å². The summed E-state index contributed by atoms with van der Waals surface area (Å²) in [6, 6.07) is 20.6. The molecule has 2 heterocycles. The molecular formula is C29H29N5O2. The molecule has 7 nitrogen and oxygen atoms in total. The van der Waals surface area contributed by atoms with E-state index in [1.165, 1.54) is 25.7 Å². The minimum Gasteiger partial charge on any atom is -0.349 e. The molecule has 1 fully saturated rings. The number of benzene rings is 2. The first-order valence-corrected chi connectivity index (χ1v) is 12.4. The first-order chi connectivity index (χ1) is 17.7. The molecule has 0 saturated heterocycles. The van der Waals surface area contributed by atoms with Crippen LogP contribution in [0.5, 0.6) is 0 Å². The van der Waals surface area contributed by atoms with Crippen LogP contribution >= 0.6 is 0 Å². The molecule has 5 rings (SSSR count). The molecule has 2 amide bonds. The number of carbonyl (C=O) groups excluding carboxylic acids is 2. The molecule has 36 heavy (non-hydrogen) atoms. The summed E-state index contributed by atoms with van der Waals surface area (Å²) >= 11 is 0. The predicted molar refractivity (Wildman–Crippen MR) is 141 cm³/mol. The van der Waals surface area contributed by atoms with Crippen LogP contribution in [0.4, 0.5) is 5.69 Å². The van der Waals surface area contributed by atoms with Crippen molar-refractivity contribution in [3.05, 3.63) is 90.4 Å². The summed E-state index contributed by atoms with van der Waals surface area (Å²) in [5.74, 6) is 0.465. The zero-order valence-electron chi connectivity index (χ0n) is 20.0. The number of nitrogens with zero attached hydrogens (tertiary/aromatic N) is 2. The molecule has 182 valence electrons. The zero-order chi connectivity index (χ0) is 24.7. The molecule has 2 aromatic heterocycles. The third-order valence-corrected chi connectivity index (χ3v) is 6.54. The van der Waals surface area contributed by atoms with Gasteiger partial charge in [0.05, 0.1) is 11.9 Å². The van der Waals surface area contributed by atoms with Crippen LogP contribution in [0.3, 0.4) is 0 Å². The van der Waals surface area contributed by atoms with Gasteiger partial charge in [-0.15, -0.1) is 0 Å². The highest BCUT2D eigenvalue weighted by Crippen LogP contribution is 2.24. The molecule has 3 N–H and O–H groups in total. The van der Waals surface area contributed by atoms with Gasteiger partial charge in [0.15, 0.2) is 0 Å². The van der Waals surface area contributed by atoms with Crippen molar-refractivity contribution in [3.63, 3.8) is 0 Å². The molecule has 7 heteroatoms. The number of hydrogen-bond acceptors (Lipinski definition) is 4. The number of aromatic nitrogens is 3. The topological polar surface area (TPSA) is 99.8 Å². The predicted octanol–water partition coefficient (Wildman–Crippen LogP) is 5.84. The van der Waals surface area contributed by atoms with E-state index < -0.39 is 0 Å². The van der Waals surface area contributed by atoms with Gasteiger partial charge in [0, 0.05) is 29.1 Å². The summed E-state index contributed by atoms with van der Waals surface area (Å²) in [6.07, 6.45) is 10.4. The van der Waals surface area contributed by atoms with Gasteiger partial charge in [-0.2, -0.15) is 0 Å². The van der Waals surface area contributed by atoms with Crippen LogP contribution in [0, 0.1) is 0 Å². The van der Waals surface area contributed by atoms with E-state index in [1.807, 2.05) is 48.5 Å². The molecule has 0 aliphatic heterocycles. The minimum atomic E-state index is -0.255. The maximum atomic E-state index is 12.7. The number of H-pyrrole nitrogens is 1. The Bertz CT molecular complexity index is 1310. The lowest BCUT2D eigenvalue weighted by atomic mass is 10.1. The van der Waals surface area contributed by atoms with Gasteiger partial charge in [-0.1, -0.05) is 43.9 Å². The number of anilines is 1. The van der Waals surface area contributed by atoms with Crippen molar-refractivity contribution < 1.29 is 9.59 Å². The van der Waals surface area contributed by atoms with Gasteiger partial charge in [0.25, 0.3) is 11.8 Å². The van der Waals surface area contributed by atoms with Crippen molar-refractivity contribution in [2.75, 3.05) is 5.32 Å². The Balaban J connectivity index is 1.21. The van der Waals surface area contributed by atoms with Crippen molar-refractivity contribution in [1.29, 1.82) is 0 Å². The lowest BCUT2D eigenvalue weighted by Crippen LogP contribution is -2.34. The largest absolute Gasteiger partial charge is 0.349 e. The second-order valence-electron chi connectivity index (χ2n) is 9.13. The molecule has 0 unspecified atom stereocenters. The fraction of sp³-hybridized carbons (Fsp3) is 0.241. The van der Waals surface area contributed by atoms with Crippen LogP contribution in [0.1, 0.15) is 59.4 Å². The van der Waals surface area contributed by atoms with E-state index in [4.69, 9.17) is 0 Å². The van der Waals surface area contributed by atoms with E-state index in [1.54, 1.807) is 30.6 Å². The van der Waals surface area contributed by atoms with E-state index in [9.17, 15) is 9.59 Å². The Hall–Kier alpha value is -4.26. The zero-order valence-corrected chi connectivity index (χ0v) is 20.0. The quantitative estimate of drug-likeness (QED) is 0.302. The van der Waals surface area contributed by atoms with Crippen molar-refractivity contribution in [2.45, 2.75) is 44.6 Å². The van der Waals surface area contributed by atoms with Gasteiger partial charge < -0.3 is 15.6 Å². The van der Waals surface area contributed by atoms with Gasteiger partial charge in [0.1, 0.15) is 11.5 Å². The normalized spacial score (nSPS) is 14.1. The van der Waals surface area contributed by atoms with Crippen molar-refractivity contribution in [1.82, 2.24) is 20.3 Å². The van der Waals surface area contributed by atoms with Gasteiger partial charge in [-0.3, -0.25) is 14.6 Å². The Morgan fingerprint density at radius 2 is 1.50 bits per heavy atom. The highest BCUT2D eigenvalue weighted by molar-refractivity contribution is 6.02. The summed E-state index contributed by atoms with van der Waals surface area (Å²) in [4.78, 5) is 36.9. The summed E-state index contributed by atoms with van der Waals surface area (Å²) < 4.78 is 0. The van der Waals surface area contributed by atoms with E-state index in [2.05, 4.69) is 25.6 Å². The Morgan fingerprint density at radius 3 is 2.19 bits per heavy atom. The summed E-state index contributed by atoms with van der Waals surface area (Å²) in [5, 5.41) is 6.04. The number of hydrogen-bond donors (Lipinski definition) is 3. The van der Waals surface area contributed by atoms with Gasteiger partial charge in [-0.05, 0) is 66.9 Å². The maximum absolute atomic E-state index is 12.7. The van der Waals surface area contributed by atoms with Crippen molar-refractivity contribution >= 4 is 17.5 Å². The SMILES string of the molecule is O=C(NC1CCCCCC1)c1ccc(-c2cnc(-c3ccc(NC(=O)c4ccccn4)cc3)[nH]2)cc1. The molecule has 4 aromatic rings. The third kappa shape index (κ3) is 5.68. The molecule has 0 radical (unpaired) electrons. The van der Waals surface area contributed by atoms with E-state index in [0.29, 0.717) is 16.9 Å². The van der Waals surface area contributed by atoms with Gasteiger partial charge >= 0.3 is 0 Å². The first kappa shape index (κ1) is 23.5. The summed E-state index contributed by atoms with van der Waals surface area (Å²) in [7, 11) is 0. The highest BCUT2D eigenvalue weighted by Gasteiger charge is 2.16. The molecule has 0 bridgehead atoms. The van der Waals surface area contributed by atoms with Crippen LogP contribution in [-0.2, 0) is 0 Å². The Morgan fingerprint density at radius 1 is 0.778 bits per heavy atom. The average molecular weight is 480 g/mol. The number of imidazole rings is 1. The number of nitrogens with one attached hydrogen (secondary N) is 3. The number of amides is 2. The fourth-order valence-electron chi connectivity index (χ4n) is 4.51. The monoisotopic (exact) mass is 479 g/mol. The second-order valence-corrected chi connectivity index (χ2v) is 9.13. The lowest BCUT2D eigenvalue weighted by molar-refractivity contribution is 0.0932. The van der Waals surface area contributed by atoms with Crippen LogP contribution in [0.15, 0.2) is 79.1 Å². The smallest absolute Gasteiger partial charge is 0.274 e. The van der Waals surface area contributed by atoms with Crippen molar-refractivity contribution in [2.24, 2.45) is 0 Å². The number of rotatable bonds is 6. The summed E-state index contributed by atoms with van der Waals surface area (Å²) in [6.45, 7) is 0. The summed E-state index contributed by atoms with van der Waals surface area (Å²) in [5.41, 5.74) is 4.44. The van der Waals surface area contributed by atoms with E-state index in [-0.39, 0.29) is 17.9 Å². The average Bonchev–Trinajstić information content (AvgIpc) is 3.28. The molecular weight excluding hydrogens is 450 g/mol. The van der Waals surface area contributed by atoms with Crippen LogP contribution in [0.25, 0.3) is 22.6 Å². The van der Waals surface area contributed by atoms with Crippen molar-refractivity contribution in [3.8, 4) is 22.6 Å². The second kappa shape index (κ2) is 11.0. The van der Waals surface area contributed by atoms with Crippen LogP contribution in [-0.4, -0.2) is 32.8 Å². The highest BCUT2D eigenvalue weighted by atomic mass is 16.2. The molecule has 0 atom stereocenters. The number of pyridine rings is 1. The van der Waals surface area contributed by atoms with Gasteiger partial charge in [-0.25, -0.2) is 4.98 Å². The van der Waals surface area contributed by atoms with Gasteiger partial charge in [0.2, 0.25) is 0 Å². The molecule has 1 aliphatic carbocycles. The van der Waals surface area contributed by atoms with E-state index >= 15 is 0 Å². The fourth-order valence-corrected chi connectivity index (χ4v) is 4.51. The standard InChI is InChI=1S/C29H29N5O2/c35-28(32-23-7-3-1-2-4-8-23)22-12-10-20(11-13-22)26-19-31-27(34-26)21-14-16-24(17-15-21)33-29(36)25-9-5-6-18-30-25/h5-6,9-19,23H,1-4,7-8H2,(H,31,34)(H,32,35)(H,33,36). The molecule has 1 aliphatic rings. The van der Waals surface area contributed by atoms with Crippen LogP contribution in [0.2, 0.25) is 0 Å². The maximum Gasteiger partial charge on any atom is 0.274 e. The Labute approximate surface area is 210 Å². The molecule has 1 saturated carbocycles. The molecule has 2 aromatic carbocycles. The minimum absolute atomic E-state index is 0.00558. The number of carbonyl (C=O) groups is 2. The van der Waals surface area contributed by atoms with E-state index in [0.717, 1.165) is 35.5 Å². The first-order valence-electron chi connectivity index (χ1n) is 12.4. The lowest BCUT2D eigenvalue weighted by Gasteiger charge is -2.16. The third-order valence-electron chi connectivity index (χ3n) is 6.54. The number of aromatic amines is 1.